The van der Waals surface area contributed by atoms with Gasteiger partial charge in [0.2, 0.25) is 5.91 Å². The summed E-state index contributed by atoms with van der Waals surface area (Å²) in [6.45, 7) is 17.5. The molecule has 0 saturated carbocycles. The van der Waals surface area contributed by atoms with Crippen LogP contribution >= 0.6 is 11.8 Å². The van der Waals surface area contributed by atoms with Crippen molar-refractivity contribution >= 4 is 17.7 Å². The fourth-order valence-corrected chi connectivity index (χ4v) is 3.75. The Morgan fingerprint density at radius 3 is 2.74 bits per heavy atom. The molecule has 2 aromatic rings. The van der Waals surface area contributed by atoms with Crippen LogP contribution in [0.25, 0.3) is 11.4 Å². The molecule has 0 radical (unpaired) electrons. The molecule has 5 nitrogen and oxygen atoms in total. The zero-order valence-electron chi connectivity index (χ0n) is 16.6. The van der Waals surface area contributed by atoms with E-state index in [2.05, 4.69) is 42.4 Å². The van der Waals surface area contributed by atoms with Gasteiger partial charge in [-0.2, -0.15) is 0 Å². The highest BCUT2D eigenvalue weighted by molar-refractivity contribution is 8.00. The molecule has 0 N–H and O–H groups in total. The Kier molecular flexibility index (Phi) is 7.42. The summed E-state index contributed by atoms with van der Waals surface area (Å²) >= 11 is 1.43. The largest absolute Gasteiger partial charge is 0.338 e. The predicted octanol–water partition coefficient (Wildman–Crippen LogP) is 4.34. The molecule has 0 spiro atoms. The standard InChI is InChI=1S/C21H28N4OS/c1-7-12-25-19(18-11-9-10-16(5)13-18)22-23-21(25)27-17(6)20(26)24(8-2)14-15(3)4/h7,9-11,13,17H,1,3,8,12,14H2,2,4-6H3. The maximum atomic E-state index is 12.8. The molecule has 1 heterocycles. The van der Waals surface area contributed by atoms with Crippen LogP contribution in [0.1, 0.15) is 26.3 Å². The lowest BCUT2D eigenvalue weighted by Crippen LogP contribution is -2.37. The first-order valence-electron chi connectivity index (χ1n) is 9.08. The van der Waals surface area contributed by atoms with Gasteiger partial charge in [0.25, 0.3) is 0 Å². The number of carbonyl (C=O) groups excluding carboxylic acids is 1. The van der Waals surface area contributed by atoms with E-state index in [-0.39, 0.29) is 11.2 Å². The van der Waals surface area contributed by atoms with Crippen molar-refractivity contribution in [3.05, 3.63) is 54.6 Å². The average molecular weight is 385 g/mol. The first-order chi connectivity index (χ1) is 12.9. The lowest BCUT2D eigenvalue weighted by molar-refractivity contribution is -0.129. The Balaban J connectivity index is 2.26. The molecule has 2 rings (SSSR count). The van der Waals surface area contributed by atoms with Gasteiger partial charge in [-0.15, -0.1) is 16.8 Å². The molecule has 144 valence electrons. The molecule has 0 aliphatic carbocycles. The Morgan fingerprint density at radius 1 is 1.41 bits per heavy atom. The van der Waals surface area contributed by atoms with E-state index in [1.165, 1.54) is 11.8 Å². The summed E-state index contributed by atoms with van der Waals surface area (Å²) < 4.78 is 2.01. The van der Waals surface area contributed by atoms with E-state index in [1.54, 1.807) is 0 Å². The molecule has 1 unspecified atom stereocenters. The molecule has 0 fully saturated rings. The highest BCUT2D eigenvalue weighted by Gasteiger charge is 2.24. The first kappa shape index (κ1) is 21.0. The average Bonchev–Trinajstić information content (AvgIpc) is 3.01. The number of benzene rings is 1. The van der Waals surface area contributed by atoms with Gasteiger partial charge in [-0.05, 0) is 33.8 Å². The van der Waals surface area contributed by atoms with Crippen LogP contribution in [0.2, 0.25) is 0 Å². The molecule has 6 heteroatoms. The molecule has 0 bridgehead atoms. The summed E-state index contributed by atoms with van der Waals surface area (Å²) in [6, 6.07) is 8.16. The second kappa shape index (κ2) is 9.55. The Labute approximate surface area is 166 Å². The second-order valence-electron chi connectivity index (χ2n) is 6.64. The monoisotopic (exact) mass is 384 g/mol. The minimum atomic E-state index is -0.262. The fraction of sp³-hybridized carbons (Fsp3) is 0.381. The summed E-state index contributed by atoms with van der Waals surface area (Å²) in [4.78, 5) is 14.6. The van der Waals surface area contributed by atoms with Crippen LogP contribution in [0.15, 0.2) is 54.2 Å². The van der Waals surface area contributed by atoms with Crippen LogP contribution in [-0.4, -0.2) is 43.9 Å². The van der Waals surface area contributed by atoms with Crippen LogP contribution < -0.4 is 0 Å². The minimum absolute atomic E-state index is 0.0794. The number of hydrogen-bond acceptors (Lipinski definition) is 4. The van der Waals surface area contributed by atoms with Crippen molar-refractivity contribution < 1.29 is 4.79 Å². The number of hydrogen-bond donors (Lipinski definition) is 0. The Morgan fingerprint density at radius 2 is 2.15 bits per heavy atom. The normalized spacial score (nSPS) is 11.9. The fourth-order valence-electron chi connectivity index (χ4n) is 2.80. The van der Waals surface area contributed by atoms with E-state index in [9.17, 15) is 4.79 Å². The third-order valence-electron chi connectivity index (χ3n) is 4.09. The van der Waals surface area contributed by atoms with Crippen LogP contribution in [-0.2, 0) is 11.3 Å². The minimum Gasteiger partial charge on any atom is -0.338 e. The maximum absolute atomic E-state index is 12.8. The van der Waals surface area contributed by atoms with Gasteiger partial charge in [-0.25, -0.2) is 0 Å². The van der Waals surface area contributed by atoms with E-state index in [4.69, 9.17) is 0 Å². The summed E-state index contributed by atoms with van der Waals surface area (Å²) in [5.74, 6) is 0.866. The van der Waals surface area contributed by atoms with Crippen molar-refractivity contribution in [2.45, 2.75) is 44.6 Å². The van der Waals surface area contributed by atoms with E-state index in [1.807, 2.05) is 48.4 Å². The van der Waals surface area contributed by atoms with Crippen molar-refractivity contribution in [2.75, 3.05) is 13.1 Å². The van der Waals surface area contributed by atoms with E-state index < -0.39 is 0 Å². The highest BCUT2D eigenvalue weighted by Crippen LogP contribution is 2.28. The van der Waals surface area contributed by atoms with Crippen LogP contribution in [0, 0.1) is 6.92 Å². The zero-order valence-corrected chi connectivity index (χ0v) is 17.4. The number of likely N-dealkylation sites (N-methyl/N-ethyl adjacent to an activating group) is 1. The summed E-state index contributed by atoms with van der Waals surface area (Å²) in [6.07, 6.45) is 1.82. The van der Waals surface area contributed by atoms with Gasteiger partial charge >= 0.3 is 0 Å². The highest BCUT2D eigenvalue weighted by atomic mass is 32.2. The van der Waals surface area contributed by atoms with Gasteiger partial charge in [0.15, 0.2) is 11.0 Å². The third-order valence-corrected chi connectivity index (χ3v) is 5.16. The molecular weight excluding hydrogens is 356 g/mol. The Bertz CT molecular complexity index is 827. The predicted molar refractivity (Wildman–Crippen MR) is 113 cm³/mol. The molecule has 0 aliphatic heterocycles. The van der Waals surface area contributed by atoms with Crippen LogP contribution in [0.3, 0.4) is 0 Å². The van der Waals surface area contributed by atoms with Crippen LogP contribution in [0.5, 0.6) is 0 Å². The van der Waals surface area contributed by atoms with E-state index in [0.29, 0.717) is 19.6 Å². The molecule has 1 aromatic carbocycles. The second-order valence-corrected chi connectivity index (χ2v) is 7.95. The molecule has 1 aromatic heterocycles. The molecule has 1 atom stereocenters. The number of carbonyl (C=O) groups is 1. The maximum Gasteiger partial charge on any atom is 0.236 e. The number of rotatable bonds is 9. The molecule has 0 saturated heterocycles. The van der Waals surface area contributed by atoms with Crippen LogP contribution in [0.4, 0.5) is 0 Å². The van der Waals surface area contributed by atoms with Crippen molar-refractivity contribution in [2.24, 2.45) is 0 Å². The number of amides is 1. The Hall–Kier alpha value is -2.34. The van der Waals surface area contributed by atoms with Gasteiger partial charge in [0.05, 0.1) is 5.25 Å². The summed E-state index contributed by atoms with van der Waals surface area (Å²) in [5.41, 5.74) is 3.14. The lowest BCUT2D eigenvalue weighted by atomic mass is 10.1. The van der Waals surface area contributed by atoms with Crippen molar-refractivity contribution in [3.63, 3.8) is 0 Å². The van der Waals surface area contributed by atoms with Crippen molar-refractivity contribution in [3.8, 4) is 11.4 Å². The number of nitrogens with zero attached hydrogens (tertiary/aromatic N) is 4. The van der Waals surface area contributed by atoms with Gasteiger partial charge < -0.3 is 4.90 Å². The van der Waals surface area contributed by atoms with Crippen molar-refractivity contribution in [1.29, 1.82) is 0 Å². The van der Waals surface area contributed by atoms with Crippen molar-refractivity contribution in [1.82, 2.24) is 19.7 Å². The lowest BCUT2D eigenvalue weighted by Gasteiger charge is -2.24. The molecule has 1 amide bonds. The van der Waals surface area contributed by atoms with E-state index >= 15 is 0 Å². The number of thioether (sulfide) groups is 1. The van der Waals surface area contributed by atoms with Gasteiger partial charge in [-0.1, -0.05) is 53.8 Å². The number of aryl methyl sites for hydroxylation is 1. The number of aromatic nitrogens is 3. The molecular formula is C21H28N4OS. The first-order valence-corrected chi connectivity index (χ1v) is 9.96. The van der Waals surface area contributed by atoms with Gasteiger partial charge in [0, 0.05) is 25.2 Å². The van der Waals surface area contributed by atoms with Gasteiger partial charge in [-0.3, -0.25) is 9.36 Å². The summed E-state index contributed by atoms with van der Waals surface area (Å²) in [5, 5.41) is 9.19. The van der Waals surface area contributed by atoms with E-state index in [0.717, 1.165) is 27.7 Å². The molecule has 0 aliphatic rings. The quantitative estimate of drug-likeness (QED) is 0.476. The number of allylic oxidation sites excluding steroid dienone is 1. The third kappa shape index (κ3) is 5.32. The molecule has 27 heavy (non-hydrogen) atoms. The van der Waals surface area contributed by atoms with Gasteiger partial charge in [0.1, 0.15) is 0 Å². The SMILES string of the molecule is C=CCn1c(SC(C)C(=O)N(CC)CC(=C)C)nnc1-c1cccc(C)c1. The smallest absolute Gasteiger partial charge is 0.236 e. The topological polar surface area (TPSA) is 51.0 Å². The summed E-state index contributed by atoms with van der Waals surface area (Å²) in [7, 11) is 0. The zero-order chi connectivity index (χ0) is 20.0.